The van der Waals surface area contributed by atoms with Gasteiger partial charge in [0.15, 0.2) is 0 Å². The van der Waals surface area contributed by atoms with E-state index in [0.29, 0.717) is 26.1 Å². The highest BCUT2D eigenvalue weighted by Crippen LogP contribution is 2.26. The maximum absolute atomic E-state index is 13.0. The molecule has 2 aliphatic rings. The average Bonchev–Trinajstić information content (AvgIpc) is 3.03. The lowest BCUT2D eigenvalue weighted by Gasteiger charge is -2.34. The van der Waals surface area contributed by atoms with E-state index in [-0.39, 0.29) is 29.0 Å². The summed E-state index contributed by atoms with van der Waals surface area (Å²) >= 11 is 0. The third-order valence-corrected chi connectivity index (χ3v) is 7.31. The molecule has 0 spiro atoms. The monoisotopic (exact) mass is 397 g/mol. The van der Waals surface area contributed by atoms with Crippen LogP contribution < -0.4 is 0 Å². The number of aromatic nitrogens is 1. The van der Waals surface area contributed by atoms with Gasteiger partial charge in [0.2, 0.25) is 10.0 Å². The van der Waals surface area contributed by atoms with E-state index in [4.69, 9.17) is 0 Å². The molecule has 0 saturated carbocycles. The number of hydrogen-bond donors (Lipinski definition) is 1. The first-order valence-electron chi connectivity index (χ1n) is 9.38. The molecule has 1 N–H and O–H groups in total. The Bertz CT molecular complexity index is 826. The second kappa shape index (κ2) is 7.63. The van der Waals surface area contributed by atoms with Crippen LogP contribution in [-0.2, 0) is 21.9 Å². The molecule has 1 aromatic heterocycles. The Labute approximate surface area is 159 Å². The third-order valence-electron chi connectivity index (χ3n) is 5.45. The lowest BCUT2D eigenvalue weighted by Crippen LogP contribution is -2.46. The Morgan fingerprint density at radius 1 is 1.15 bits per heavy atom. The molecule has 2 unspecified atom stereocenters. The Balaban J connectivity index is 1.83. The molecular formula is C18H27N3O5S. The minimum atomic E-state index is -3.62. The number of rotatable bonds is 4. The number of amides is 1. The number of aliphatic carboxylic acids is 1. The van der Waals surface area contributed by atoms with E-state index >= 15 is 0 Å². The summed E-state index contributed by atoms with van der Waals surface area (Å²) in [5.41, 5.74) is 0.267. The van der Waals surface area contributed by atoms with Crippen molar-refractivity contribution in [2.75, 3.05) is 26.2 Å². The number of sulfonamides is 1. The van der Waals surface area contributed by atoms with Gasteiger partial charge < -0.3 is 14.6 Å². The molecule has 3 rings (SSSR count). The van der Waals surface area contributed by atoms with Crippen molar-refractivity contribution in [3.05, 3.63) is 18.0 Å². The zero-order chi connectivity index (χ0) is 19.8. The van der Waals surface area contributed by atoms with E-state index in [2.05, 4.69) is 0 Å². The van der Waals surface area contributed by atoms with Gasteiger partial charge in [-0.3, -0.25) is 9.59 Å². The van der Waals surface area contributed by atoms with E-state index < -0.39 is 21.9 Å². The molecule has 3 heterocycles. The second-order valence-corrected chi connectivity index (χ2v) is 9.66. The summed E-state index contributed by atoms with van der Waals surface area (Å²) in [7, 11) is -1.97. The molecule has 2 saturated heterocycles. The zero-order valence-corrected chi connectivity index (χ0v) is 16.6. The standard InChI is InChI=1S/C18H27N3O5S/c1-13-8-14(18(23)24)11-20(10-13)17(22)16-9-15(12-19(16)2)27(25,26)21-6-4-3-5-7-21/h9,12-14H,3-8,10-11H2,1-2H3,(H,23,24). The SMILES string of the molecule is CC1CC(C(=O)O)CN(C(=O)c2cc(S(=O)(=O)N3CCCCC3)cn2C)C1. The minimum absolute atomic E-state index is 0.0839. The molecule has 0 radical (unpaired) electrons. The van der Waals surface area contributed by atoms with Crippen molar-refractivity contribution >= 4 is 21.9 Å². The van der Waals surface area contributed by atoms with Crippen molar-refractivity contribution in [1.29, 1.82) is 0 Å². The Morgan fingerprint density at radius 3 is 2.44 bits per heavy atom. The fourth-order valence-electron chi connectivity index (χ4n) is 4.00. The third kappa shape index (κ3) is 4.03. The molecule has 2 aliphatic heterocycles. The fourth-order valence-corrected chi connectivity index (χ4v) is 5.59. The zero-order valence-electron chi connectivity index (χ0n) is 15.8. The number of piperidine rings is 2. The predicted molar refractivity (Wildman–Crippen MR) is 98.8 cm³/mol. The lowest BCUT2D eigenvalue weighted by atomic mass is 9.90. The van der Waals surface area contributed by atoms with Gasteiger partial charge in [-0.2, -0.15) is 4.31 Å². The molecule has 1 amide bonds. The fraction of sp³-hybridized carbons (Fsp3) is 0.667. The van der Waals surface area contributed by atoms with Gasteiger partial charge in [-0.15, -0.1) is 0 Å². The first kappa shape index (κ1) is 19.9. The lowest BCUT2D eigenvalue weighted by molar-refractivity contribution is -0.143. The summed E-state index contributed by atoms with van der Waals surface area (Å²) in [4.78, 5) is 26.0. The molecule has 0 aromatic carbocycles. The molecule has 2 fully saturated rings. The topological polar surface area (TPSA) is 99.9 Å². The smallest absolute Gasteiger partial charge is 0.308 e. The highest BCUT2D eigenvalue weighted by molar-refractivity contribution is 7.89. The summed E-state index contributed by atoms with van der Waals surface area (Å²) < 4.78 is 28.7. The molecule has 27 heavy (non-hydrogen) atoms. The number of nitrogens with zero attached hydrogens (tertiary/aromatic N) is 3. The van der Waals surface area contributed by atoms with Gasteiger partial charge in [-0.1, -0.05) is 13.3 Å². The van der Waals surface area contributed by atoms with Gasteiger partial charge in [-0.05, 0) is 31.2 Å². The summed E-state index contributed by atoms with van der Waals surface area (Å²) in [6.07, 6.45) is 4.74. The largest absolute Gasteiger partial charge is 0.481 e. The van der Waals surface area contributed by atoms with Gasteiger partial charge in [0.25, 0.3) is 5.91 Å². The van der Waals surface area contributed by atoms with Crippen LogP contribution in [0.15, 0.2) is 17.2 Å². The summed E-state index contributed by atoms with van der Waals surface area (Å²) in [5, 5.41) is 9.31. The molecule has 8 nitrogen and oxygen atoms in total. The molecule has 9 heteroatoms. The van der Waals surface area contributed by atoms with Gasteiger partial charge >= 0.3 is 5.97 Å². The molecule has 150 valence electrons. The molecule has 2 atom stereocenters. The van der Waals surface area contributed by atoms with Crippen LogP contribution in [0.1, 0.15) is 43.1 Å². The van der Waals surface area contributed by atoms with E-state index in [1.165, 1.54) is 26.0 Å². The first-order chi connectivity index (χ1) is 12.7. The Hall–Kier alpha value is -1.87. The Kier molecular flexibility index (Phi) is 5.62. The van der Waals surface area contributed by atoms with Crippen LogP contribution in [0, 0.1) is 11.8 Å². The van der Waals surface area contributed by atoms with Crippen molar-refractivity contribution in [2.24, 2.45) is 18.9 Å². The van der Waals surface area contributed by atoms with Crippen molar-refractivity contribution in [2.45, 2.75) is 37.5 Å². The summed E-state index contributed by atoms with van der Waals surface area (Å²) in [5.74, 6) is -1.73. The quantitative estimate of drug-likeness (QED) is 0.827. The average molecular weight is 397 g/mol. The Morgan fingerprint density at radius 2 is 1.81 bits per heavy atom. The van der Waals surface area contributed by atoms with Crippen molar-refractivity contribution in [1.82, 2.24) is 13.8 Å². The number of carbonyl (C=O) groups is 2. The molecule has 0 aliphatic carbocycles. The van der Waals surface area contributed by atoms with Crippen molar-refractivity contribution in [3.63, 3.8) is 0 Å². The number of aryl methyl sites for hydroxylation is 1. The van der Waals surface area contributed by atoms with Crippen LogP contribution in [0.2, 0.25) is 0 Å². The highest BCUT2D eigenvalue weighted by Gasteiger charge is 2.34. The van der Waals surface area contributed by atoms with Crippen LogP contribution in [0.4, 0.5) is 0 Å². The number of carboxylic acids is 1. The normalized spacial score (nSPS) is 24.7. The summed E-state index contributed by atoms with van der Waals surface area (Å²) in [6, 6.07) is 1.42. The molecular weight excluding hydrogens is 370 g/mol. The van der Waals surface area contributed by atoms with E-state index in [0.717, 1.165) is 19.3 Å². The van der Waals surface area contributed by atoms with E-state index in [1.807, 2.05) is 6.92 Å². The minimum Gasteiger partial charge on any atom is -0.481 e. The first-order valence-corrected chi connectivity index (χ1v) is 10.8. The van der Waals surface area contributed by atoms with Crippen LogP contribution in [0.3, 0.4) is 0 Å². The summed E-state index contributed by atoms with van der Waals surface area (Å²) in [6.45, 7) is 3.56. The van der Waals surface area contributed by atoms with Crippen molar-refractivity contribution < 1.29 is 23.1 Å². The van der Waals surface area contributed by atoms with Crippen LogP contribution in [-0.4, -0.2) is 65.4 Å². The van der Waals surface area contributed by atoms with E-state index in [9.17, 15) is 23.1 Å². The number of carboxylic acid groups (broad SMARTS) is 1. The van der Waals surface area contributed by atoms with Crippen molar-refractivity contribution in [3.8, 4) is 0 Å². The van der Waals surface area contributed by atoms with Crippen LogP contribution >= 0.6 is 0 Å². The highest BCUT2D eigenvalue weighted by atomic mass is 32.2. The maximum Gasteiger partial charge on any atom is 0.308 e. The maximum atomic E-state index is 13.0. The number of hydrogen-bond acceptors (Lipinski definition) is 4. The molecule has 1 aromatic rings. The van der Waals surface area contributed by atoms with Gasteiger partial charge in [0.05, 0.1) is 5.92 Å². The number of carbonyl (C=O) groups excluding carboxylic acids is 1. The van der Waals surface area contributed by atoms with Gasteiger partial charge in [0.1, 0.15) is 10.6 Å². The van der Waals surface area contributed by atoms with E-state index in [1.54, 1.807) is 7.05 Å². The van der Waals surface area contributed by atoms with Crippen LogP contribution in [0.5, 0.6) is 0 Å². The van der Waals surface area contributed by atoms with Gasteiger partial charge in [0, 0.05) is 39.4 Å². The van der Waals surface area contributed by atoms with Crippen LogP contribution in [0.25, 0.3) is 0 Å². The molecule has 0 bridgehead atoms. The van der Waals surface area contributed by atoms with Gasteiger partial charge in [-0.25, -0.2) is 8.42 Å². The predicted octanol–water partition coefficient (Wildman–Crippen LogP) is 1.38. The number of likely N-dealkylation sites (tertiary alicyclic amines) is 1. The second-order valence-electron chi connectivity index (χ2n) is 7.72.